The quantitative estimate of drug-likeness (QED) is 0.727. The summed E-state index contributed by atoms with van der Waals surface area (Å²) in [6.45, 7) is 3.76. The number of carbonyl (C=O) groups is 1. The maximum Gasteiger partial charge on any atom is 0.254 e. The molecule has 0 aromatic heterocycles. The molecule has 2 fully saturated rings. The van der Waals surface area contributed by atoms with E-state index in [1.165, 1.54) is 12.1 Å². The van der Waals surface area contributed by atoms with Gasteiger partial charge in [-0.1, -0.05) is 30.0 Å². The summed E-state index contributed by atoms with van der Waals surface area (Å²) >= 11 is 0. The molecular weight excluding hydrogens is 407 g/mol. The molecule has 4 atom stereocenters. The molecule has 168 valence electrons. The fourth-order valence-corrected chi connectivity index (χ4v) is 4.91. The highest BCUT2D eigenvalue weighted by atomic mass is 19.1. The van der Waals surface area contributed by atoms with Crippen molar-refractivity contribution >= 4 is 5.91 Å². The number of hydrogen-bond acceptors (Lipinski definition) is 4. The van der Waals surface area contributed by atoms with E-state index in [1.54, 1.807) is 19.1 Å². The molecule has 2 saturated heterocycles. The van der Waals surface area contributed by atoms with Gasteiger partial charge < -0.3 is 15.1 Å². The molecule has 0 unspecified atom stereocenters. The Bertz CT molecular complexity index is 1010. The lowest BCUT2D eigenvalue weighted by molar-refractivity contribution is -0.0606. The highest BCUT2D eigenvalue weighted by molar-refractivity contribution is 5.94. The van der Waals surface area contributed by atoms with E-state index in [4.69, 9.17) is 0 Å². The van der Waals surface area contributed by atoms with Gasteiger partial charge in [0.1, 0.15) is 11.9 Å². The Morgan fingerprint density at radius 3 is 2.62 bits per heavy atom. The van der Waals surface area contributed by atoms with Gasteiger partial charge in [0.15, 0.2) is 0 Å². The van der Waals surface area contributed by atoms with Crippen molar-refractivity contribution in [2.45, 2.75) is 43.9 Å². The lowest BCUT2D eigenvalue weighted by Crippen LogP contribution is -2.67. The highest BCUT2D eigenvalue weighted by Gasteiger charge is 2.49. The molecule has 2 aromatic rings. The fraction of sp³-hybridized carbons (Fsp3) is 0.423. The molecule has 2 aliphatic heterocycles. The monoisotopic (exact) mass is 436 g/mol. The van der Waals surface area contributed by atoms with Gasteiger partial charge in [0, 0.05) is 42.2 Å². The van der Waals surface area contributed by atoms with Crippen molar-refractivity contribution in [2.75, 3.05) is 26.2 Å². The maximum absolute atomic E-state index is 13.7. The molecule has 2 aliphatic rings. The first-order valence-electron chi connectivity index (χ1n) is 11.2. The van der Waals surface area contributed by atoms with Crippen LogP contribution in [0.5, 0.6) is 0 Å². The Labute approximate surface area is 188 Å². The summed E-state index contributed by atoms with van der Waals surface area (Å²) in [4.78, 5) is 17.2. The second-order valence-electron chi connectivity index (χ2n) is 8.62. The van der Waals surface area contributed by atoms with E-state index < -0.39 is 11.9 Å². The lowest BCUT2D eigenvalue weighted by atomic mass is 9.74. The Kier molecular flexibility index (Phi) is 6.90. The minimum absolute atomic E-state index is 0.0126. The van der Waals surface area contributed by atoms with E-state index in [-0.39, 0.29) is 30.5 Å². The molecule has 0 bridgehead atoms. The Hall–Kier alpha value is -2.72. The molecule has 0 saturated carbocycles. The first-order chi connectivity index (χ1) is 15.5. The molecule has 2 N–H and O–H groups in total. The number of benzene rings is 2. The topological polar surface area (TPSA) is 64.0 Å². The minimum Gasteiger partial charge on any atom is -0.395 e. The zero-order valence-corrected chi connectivity index (χ0v) is 18.2. The van der Waals surface area contributed by atoms with Crippen molar-refractivity contribution in [2.24, 2.45) is 0 Å². The summed E-state index contributed by atoms with van der Waals surface area (Å²) in [7, 11) is 0. The van der Waals surface area contributed by atoms with Gasteiger partial charge in [-0.15, -0.1) is 0 Å². The SMILES string of the molecule is C[C@H](O)C#Cc1ccc([C@H]2[C@@H](CO)N3CCCCN(C(=O)c4cccc(F)c4)C[C@@H]23)cc1. The van der Waals surface area contributed by atoms with Gasteiger partial charge in [0.2, 0.25) is 0 Å². The molecule has 32 heavy (non-hydrogen) atoms. The largest absolute Gasteiger partial charge is 0.395 e. The molecule has 0 aliphatic carbocycles. The van der Waals surface area contributed by atoms with Gasteiger partial charge in [-0.2, -0.15) is 0 Å². The van der Waals surface area contributed by atoms with Crippen molar-refractivity contribution in [1.29, 1.82) is 0 Å². The second-order valence-corrected chi connectivity index (χ2v) is 8.62. The van der Waals surface area contributed by atoms with Crippen LogP contribution in [0.4, 0.5) is 4.39 Å². The number of nitrogens with zero attached hydrogens (tertiary/aromatic N) is 2. The van der Waals surface area contributed by atoms with Crippen molar-refractivity contribution < 1.29 is 19.4 Å². The second kappa shape index (κ2) is 9.83. The number of carbonyl (C=O) groups excluding carboxylic acids is 1. The van der Waals surface area contributed by atoms with E-state index in [9.17, 15) is 19.4 Å². The van der Waals surface area contributed by atoms with Crippen molar-refractivity contribution in [3.8, 4) is 11.8 Å². The van der Waals surface area contributed by atoms with Gasteiger partial charge >= 0.3 is 0 Å². The van der Waals surface area contributed by atoms with Gasteiger partial charge in [0.05, 0.1) is 6.61 Å². The van der Waals surface area contributed by atoms with Crippen LogP contribution in [0, 0.1) is 17.7 Å². The average Bonchev–Trinajstić information content (AvgIpc) is 2.77. The van der Waals surface area contributed by atoms with E-state index in [0.29, 0.717) is 18.7 Å². The third-order valence-electron chi connectivity index (χ3n) is 6.45. The minimum atomic E-state index is -0.676. The zero-order valence-electron chi connectivity index (χ0n) is 18.2. The molecule has 1 amide bonds. The van der Waals surface area contributed by atoms with Gasteiger partial charge in [-0.25, -0.2) is 4.39 Å². The average molecular weight is 437 g/mol. The van der Waals surface area contributed by atoms with E-state index in [2.05, 4.69) is 16.7 Å². The normalized spacial score (nSPS) is 24.2. The summed E-state index contributed by atoms with van der Waals surface area (Å²) < 4.78 is 13.7. The standard InChI is InChI=1S/C26H29FN2O3/c1-18(31)7-8-19-9-11-20(12-10-19)25-23-16-28(13-2-3-14-29(23)24(25)17-30)26(32)21-5-4-6-22(27)15-21/h4-6,9-12,15,18,23-25,30-31H,2-3,13-14,16-17H2,1H3/t18-,23-,24+,25+/m0/s1. The molecule has 5 nitrogen and oxygen atoms in total. The summed E-state index contributed by atoms with van der Waals surface area (Å²) in [5.74, 6) is 5.22. The van der Waals surface area contributed by atoms with E-state index >= 15 is 0 Å². The molecule has 2 heterocycles. The van der Waals surface area contributed by atoms with Gasteiger partial charge in [-0.05, 0) is 62.2 Å². The predicted octanol–water partition coefficient (Wildman–Crippen LogP) is 2.62. The molecule has 4 rings (SSSR count). The number of aliphatic hydroxyl groups excluding tert-OH is 2. The smallest absolute Gasteiger partial charge is 0.254 e. The number of aliphatic hydroxyl groups is 2. The van der Waals surface area contributed by atoms with Crippen LogP contribution in [0.25, 0.3) is 0 Å². The van der Waals surface area contributed by atoms with Crippen LogP contribution in [-0.4, -0.2) is 70.3 Å². The van der Waals surface area contributed by atoms with Crippen LogP contribution >= 0.6 is 0 Å². The van der Waals surface area contributed by atoms with Crippen LogP contribution in [0.2, 0.25) is 0 Å². The van der Waals surface area contributed by atoms with Crippen LogP contribution in [0.1, 0.15) is 47.2 Å². The van der Waals surface area contributed by atoms with Gasteiger partial charge in [-0.3, -0.25) is 9.69 Å². The summed E-state index contributed by atoms with van der Waals surface area (Å²) in [5.41, 5.74) is 2.30. The first-order valence-corrected chi connectivity index (χ1v) is 11.2. The summed E-state index contributed by atoms with van der Waals surface area (Å²) in [6, 6.07) is 13.9. The number of fused-ring (bicyclic) bond motifs is 1. The Morgan fingerprint density at radius 2 is 1.94 bits per heavy atom. The number of amides is 1. The van der Waals surface area contributed by atoms with Crippen LogP contribution in [-0.2, 0) is 0 Å². The Morgan fingerprint density at radius 1 is 1.19 bits per heavy atom. The highest BCUT2D eigenvalue weighted by Crippen LogP contribution is 2.42. The van der Waals surface area contributed by atoms with Crippen molar-refractivity contribution in [1.82, 2.24) is 9.80 Å². The van der Waals surface area contributed by atoms with E-state index in [1.807, 2.05) is 29.2 Å². The van der Waals surface area contributed by atoms with E-state index in [0.717, 1.165) is 30.5 Å². The van der Waals surface area contributed by atoms with Gasteiger partial charge in [0.25, 0.3) is 5.91 Å². The van der Waals surface area contributed by atoms with Crippen LogP contribution < -0.4 is 0 Å². The molecular formula is C26H29FN2O3. The molecule has 6 heteroatoms. The lowest BCUT2D eigenvalue weighted by Gasteiger charge is -2.57. The number of hydrogen-bond donors (Lipinski definition) is 2. The maximum atomic E-state index is 13.7. The Balaban J connectivity index is 1.56. The predicted molar refractivity (Wildman–Crippen MR) is 121 cm³/mol. The van der Waals surface area contributed by atoms with Crippen molar-refractivity contribution in [3.63, 3.8) is 0 Å². The molecule has 0 radical (unpaired) electrons. The summed E-state index contributed by atoms with van der Waals surface area (Å²) in [6.07, 6.45) is 1.15. The first kappa shape index (κ1) is 22.5. The molecule has 2 aromatic carbocycles. The number of rotatable bonds is 3. The number of halogens is 1. The third-order valence-corrected chi connectivity index (χ3v) is 6.45. The van der Waals surface area contributed by atoms with Crippen LogP contribution in [0.3, 0.4) is 0 Å². The van der Waals surface area contributed by atoms with Crippen LogP contribution in [0.15, 0.2) is 48.5 Å². The van der Waals surface area contributed by atoms with Crippen molar-refractivity contribution in [3.05, 3.63) is 71.0 Å². The zero-order chi connectivity index (χ0) is 22.7. The fourth-order valence-electron chi connectivity index (χ4n) is 4.91. The third kappa shape index (κ3) is 4.71. The molecule has 0 spiro atoms. The summed E-state index contributed by atoms with van der Waals surface area (Å²) in [5, 5.41) is 19.4.